The number of hydrogen-bond acceptors (Lipinski definition) is 5. The molecular weight excluding hydrogens is 218 g/mol. The first kappa shape index (κ1) is 12.5. The lowest BCUT2D eigenvalue weighted by Crippen LogP contribution is -2.35. The van der Waals surface area contributed by atoms with Crippen molar-refractivity contribution >= 4 is 0 Å². The SMILES string of the molecule is CC1CC(c2nnc(CNC(C)(C)C)o2)CO1. The number of nitrogens with zero attached hydrogens (tertiary/aromatic N) is 2. The fourth-order valence-corrected chi connectivity index (χ4v) is 1.83. The van der Waals surface area contributed by atoms with E-state index in [9.17, 15) is 0 Å². The minimum Gasteiger partial charge on any atom is -0.423 e. The van der Waals surface area contributed by atoms with Crippen LogP contribution >= 0.6 is 0 Å². The molecule has 2 atom stereocenters. The van der Waals surface area contributed by atoms with Crippen LogP contribution in [0.3, 0.4) is 0 Å². The van der Waals surface area contributed by atoms with Gasteiger partial charge in [-0.1, -0.05) is 0 Å². The molecule has 0 radical (unpaired) electrons. The highest BCUT2D eigenvalue weighted by Crippen LogP contribution is 2.28. The van der Waals surface area contributed by atoms with E-state index in [0.717, 1.165) is 6.42 Å². The predicted molar refractivity (Wildman–Crippen MR) is 63.7 cm³/mol. The van der Waals surface area contributed by atoms with Crippen LogP contribution < -0.4 is 5.32 Å². The van der Waals surface area contributed by atoms with Crippen LogP contribution in [0.15, 0.2) is 4.42 Å². The number of rotatable bonds is 3. The minimum absolute atomic E-state index is 0.0552. The van der Waals surface area contributed by atoms with Crippen LogP contribution in [0.2, 0.25) is 0 Å². The van der Waals surface area contributed by atoms with Crippen molar-refractivity contribution in [2.45, 2.75) is 58.2 Å². The molecule has 0 amide bonds. The van der Waals surface area contributed by atoms with Crippen LogP contribution in [0.4, 0.5) is 0 Å². The van der Waals surface area contributed by atoms with Crippen molar-refractivity contribution in [3.05, 3.63) is 11.8 Å². The van der Waals surface area contributed by atoms with Gasteiger partial charge < -0.3 is 14.5 Å². The fourth-order valence-electron chi connectivity index (χ4n) is 1.83. The second-order valence-corrected chi connectivity index (χ2v) is 5.71. The van der Waals surface area contributed by atoms with Crippen molar-refractivity contribution in [1.82, 2.24) is 15.5 Å². The molecule has 1 aliphatic heterocycles. The Hall–Kier alpha value is -0.940. The van der Waals surface area contributed by atoms with E-state index in [1.54, 1.807) is 0 Å². The van der Waals surface area contributed by atoms with Gasteiger partial charge in [-0.15, -0.1) is 10.2 Å². The van der Waals surface area contributed by atoms with Crippen molar-refractivity contribution in [1.29, 1.82) is 0 Å². The van der Waals surface area contributed by atoms with Gasteiger partial charge in [0.1, 0.15) is 0 Å². The van der Waals surface area contributed by atoms with Crippen molar-refractivity contribution in [3.63, 3.8) is 0 Å². The number of nitrogens with one attached hydrogen (secondary N) is 1. The van der Waals surface area contributed by atoms with Crippen molar-refractivity contribution in [2.24, 2.45) is 0 Å². The average molecular weight is 239 g/mol. The van der Waals surface area contributed by atoms with Gasteiger partial charge in [0.2, 0.25) is 11.8 Å². The summed E-state index contributed by atoms with van der Waals surface area (Å²) in [6, 6.07) is 0. The summed E-state index contributed by atoms with van der Waals surface area (Å²) in [6.07, 6.45) is 1.26. The van der Waals surface area contributed by atoms with Crippen LogP contribution in [-0.2, 0) is 11.3 Å². The van der Waals surface area contributed by atoms with Gasteiger partial charge in [-0.3, -0.25) is 0 Å². The van der Waals surface area contributed by atoms with E-state index in [2.05, 4.69) is 43.2 Å². The molecule has 0 aliphatic carbocycles. The van der Waals surface area contributed by atoms with Crippen molar-refractivity contribution in [3.8, 4) is 0 Å². The smallest absolute Gasteiger partial charge is 0.230 e. The Balaban J connectivity index is 1.92. The standard InChI is InChI=1S/C12H21N3O2/c1-8-5-9(7-16-8)11-15-14-10(17-11)6-13-12(2,3)4/h8-9,13H,5-7H2,1-4H3. The summed E-state index contributed by atoms with van der Waals surface area (Å²) in [5.74, 6) is 1.62. The molecule has 0 aromatic carbocycles. The first-order chi connectivity index (χ1) is 7.94. The fraction of sp³-hybridized carbons (Fsp3) is 0.833. The lowest BCUT2D eigenvalue weighted by molar-refractivity contribution is 0.122. The molecule has 96 valence electrons. The Kier molecular flexibility index (Phi) is 3.49. The number of ether oxygens (including phenoxy) is 1. The third kappa shape index (κ3) is 3.51. The van der Waals surface area contributed by atoms with E-state index in [0.29, 0.717) is 31.0 Å². The molecule has 1 aromatic rings. The maximum Gasteiger partial charge on any atom is 0.230 e. The molecule has 17 heavy (non-hydrogen) atoms. The van der Waals surface area contributed by atoms with Crippen LogP contribution in [0.25, 0.3) is 0 Å². The second-order valence-electron chi connectivity index (χ2n) is 5.71. The molecule has 2 unspecified atom stereocenters. The molecule has 2 heterocycles. The Morgan fingerprint density at radius 3 is 2.71 bits per heavy atom. The highest BCUT2D eigenvalue weighted by molar-refractivity contribution is 4.95. The molecule has 0 spiro atoms. The van der Waals surface area contributed by atoms with Gasteiger partial charge in [-0.05, 0) is 34.1 Å². The number of aromatic nitrogens is 2. The third-order valence-electron chi connectivity index (χ3n) is 2.80. The van der Waals surface area contributed by atoms with Gasteiger partial charge in [-0.25, -0.2) is 0 Å². The molecule has 2 rings (SSSR count). The minimum atomic E-state index is 0.0552. The lowest BCUT2D eigenvalue weighted by atomic mass is 10.1. The Morgan fingerprint density at radius 1 is 1.35 bits per heavy atom. The highest BCUT2D eigenvalue weighted by atomic mass is 16.5. The van der Waals surface area contributed by atoms with E-state index in [1.165, 1.54) is 0 Å². The van der Waals surface area contributed by atoms with Crippen LogP contribution in [0.5, 0.6) is 0 Å². The zero-order chi connectivity index (χ0) is 12.5. The molecule has 1 fully saturated rings. The van der Waals surface area contributed by atoms with E-state index in [4.69, 9.17) is 9.15 Å². The van der Waals surface area contributed by atoms with Crippen molar-refractivity contribution in [2.75, 3.05) is 6.61 Å². The molecule has 0 bridgehead atoms. The predicted octanol–water partition coefficient (Wildman–Crippen LogP) is 1.85. The summed E-state index contributed by atoms with van der Waals surface area (Å²) in [4.78, 5) is 0. The Labute approximate surface area is 102 Å². The van der Waals surface area contributed by atoms with Gasteiger partial charge in [0.15, 0.2) is 0 Å². The van der Waals surface area contributed by atoms with Crippen molar-refractivity contribution < 1.29 is 9.15 Å². The molecule has 0 saturated carbocycles. The summed E-state index contributed by atoms with van der Waals surface area (Å²) < 4.78 is 11.1. The maximum atomic E-state index is 5.65. The van der Waals surface area contributed by atoms with Gasteiger partial charge >= 0.3 is 0 Å². The van der Waals surface area contributed by atoms with Gasteiger partial charge in [0, 0.05) is 5.54 Å². The summed E-state index contributed by atoms with van der Waals surface area (Å²) in [5.41, 5.74) is 0.0552. The van der Waals surface area contributed by atoms with E-state index < -0.39 is 0 Å². The molecule has 1 aromatic heterocycles. The largest absolute Gasteiger partial charge is 0.423 e. The Morgan fingerprint density at radius 2 is 2.12 bits per heavy atom. The van der Waals surface area contributed by atoms with Gasteiger partial charge in [0.25, 0.3) is 0 Å². The van der Waals surface area contributed by atoms with E-state index in [1.807, 2.05) is 0 Å². The second kappa shape index (κ2) is 4.74. The lowest BCUT2D eigenvalue weighted by Gasteiger charge is -2.18. The summed E-state index contributed by atoms with van der Waals surface area (Å²) in [5, 5.41) is 11.5. The maximum absolute atomic E-state index is 5.65. The monoisotopic (exact) mass is 239 g/mol. The molecular formula is C12H21N3O2. The van der Waals surface area contributed by atoms with E-state index in [-0.39, 0.29) is 11.5 Å². The quantitative estimate of drug-likeness (QED) is 0.872. The number of hydrogen-bond donors (Lipinski definition) is 1. The zero-order valence-electron chi connectivity index (χ0n) is 11.0. The van der Waals surface area contributed by atoms with Crippen LogP contribution in [0.1, 0.15) is 51.8 Å². The highest BCUT2D eigenvalue weighted by Gasteiger charge is 2.28. The van der Waals surface area contributed by atoms with E-state index >= 15 is 0 Å². The van der Waals surface area contributed by atoms with Crippen LogP contribution in [-0.4, -0.2) is 28.4 Å². The first-order valence-corrected chi connectivity index (χ1v) is 6.13. The molecule has 1 aliphatic rings. The molecule has 1 N–H and O–H groups in total. The summed E-state index contributed by atoms with van der Waals surface area (Å²) in [6.45, 7) is 9.69. The van der Waals surface area contributed by atoms with Crippen LogP contribution in [0, 0.1) is 0 Å². The Bertz CT molecular complexity index is 370. The van der Waals surface area contributed by atoms with Gasteiger partial charge in [-0.2, -0.15) is 0 Å². The summed E-state index contributed by atoms with van der Waals surface area (Å²) >= 11 is 0. The first-order valence-electron chi connectivity index (χ1n) is 6.13. The average Bonchev–Trinajstić information content (AvgIpc) is 2.81. The molecule has 1 saturated heterocycles. The normalized spacial score (nSPS) is 25.4. The zero-order valence-corrected chi connectivity index (χ0v) is 11.0. The molecule has 5 nitrogen and oxygen atoms in total. The topological polar surface area (TPSA) is 60.2 Å². The third-order valence-corrected chi connectivity index (χ3v) is 2.80. The summed E-state index contributed by atoms with van der Waals surface area (Å²) in [7, 11) is 0. The molecule has 5 heteroatoms. The van der Waals surface area contributed by atoms with Gasteiger partial charge in [0.05, 0.1) is 25.2 Å².